The van der Waals surface area contributed by atoms with E-state index in [0.717, 1.165) is 12.8 Å². The predicted molar refractivity (Wildman–Crippen MR) is 58.4 cm³/mol. The second-order valence-corrected chi connectivity index (χ2v) is 4.84. The zero-order chi connectivity index (χ0) is 11.7. The minimum absolute atomic E-state index is 0.233. The van der Waals surface area contributed by atoms with E-state index >= 15 is 0 Å². The molecule has 0 aliphatic heterocycles. The average molecular weight is 213 g/mol. The van der Waals surface area contributed by atoms with Crippen LogP contribution in [0.2, 0.25) is 0 Å². The number of hydrogen-bond donors (Lipinski definition) is 3. The van der Waals surface area contributed by atoms with Crippen molar-refractivity contribution in [1.29, 1.82) is 0 Å². The van der Waals surface area contributed by atoms with Gasteiger partial charge in [-0.1, -0.05) is 13.8 Å². The maximum atomic E-state index is 10.5. The van der Waals surface area contributed by atoms with Crippen LogP contribution in [0.1, 0.15) is 40.0 Å². The molecule has 0 heterocycles. The maximum Gasteiger partial charge on any atom is 0.332 e. The number of carbonyl (C=O) groups excluding carboxylic acids is 1. The molecule has 0 radical (unpaired) electrons. The highest BCUT2D eigenvalue weighted by molar-refractivity contribution is 5.94. The van der Waals surface area contributed by atoms with Crippen LogP contribution in [0.4, 0.5) is 4.79 Å². The molecule has 5 nitrogen and oxygen atoms in total. The van der Waals surface area contributed by atoms with Crippen molar-refractivity contribution in [2.75, 3.05) is 0 Å². The summed E-state index contributed by atoms with van der Waals surface area (Å²) in [6.45, 7) is 5.71. The summed E-state index contributed by atoms with van der Waals surface area (Å²) < 4.78 is 0. The summed E-state index contributed by atoms with van der Waals surface area (Å²) in [5.74, 6) is 0. The van der Waals surface area contributed by atoms with Crippen LogP contribution in [0.5, 0.6) is 0 Å². The van der Waals surface area contributed by atoms with Crippen molar-refractivity contribution in [3.05, 3.63) is 0 Å². The molecule has 1 aliphatic rings. The first-order valence-corrected chi connectivity index (χ1v) is 5.12. The second-order valence-electron chi connectivity index (χ2n) is 4.84. The zero-order valence-corrected chi connectivity index (χ0v) is 9.50. The van der Waals surface area contributed by atoms with Gasteiger partial charge in [-0.15, -0.1) is 0 Å². The second kappa shape index (κ2) is 3.81. The summed E-state index contributed by atoms with van der Waals surface area (Å²) in [5, 5.41) is 14.2. The highest BCUT2D eigenvalue weighted by Gasteiger charge is 2.45. The number of nitrogens with two attached hydrogens (primary N) is 1. The van der Waals surface area contributed by atoms with Gasteiger partial charge in [0.15, 0.2) is 0 Å². The van der Waals surface area contributed by atoms with E-state index in [2.05, 4.69) is 10.5 Å². The molecule has 0 aromatic carbocycles. The molecule has 0 spiro atoms. The van der Waals surface area contributed by atoms with Gasteiger partial charge in [-0.25, -0.2) is 10.2 Å². The number of hydrogen-bond acceptors (Lipinski definition) is 3. The van der Waals surface area contributed by atoms with Crippen LogP contribution in [-0.4, -0.2) is 22.5 Å². The first kappa shape index (κ1) is 12.0. The normalized spacial score (nSPS) is 32.7. The van der Waals surface area contributed by atoms with Crippen LogP contribution >= 0.6 is 0 Å². The molecule has 86 valence electrons. The van der Waals surface area contributed by atoms with E-state index < -0.39 is 11.6 Å². The number of primary amides is 1. The lowest BCUT2D eigenvalue weighted by atomic mass is 9.65. The summed E-state index contributed by atoms with van der Waals surface area (Å²) >= 11 is 0. The van der Waals surface area contributed by atoms with Crippen molar-refractivity contribution >= 4 is 11.7 Å². The van der Waals surface area contributed by atoms with E-state index in [-0.39, 0.29) is 5.41 Å². The Morgan fingerprint density at radius 3 is 2.67 bits per heavy atom. The van der Waals surface area contributed by atoms with E-state index in [4.69, 9.17) is 5.73 Å². The highest BCUT2D eigenvalue weighted by Crippen LogP contribution is 2.41. The Morgan fingerprint density at radius 2 is 2.13 bits per heavy atom. The fourth-order valence-electron chi connectivity index (χ4n) is 1.86. The number of carbonyl (C=O) groups is 1. The van der Waals surface area contributed by atoms with E-state index in [1.165, 1.54) is 0 Å². The van der Waals surface area contributed by atoms with Crippen LogP contribution in [0.3, 0.4) is 0 Å². The lowest BCUT2D eigenvalue weighted by molar-refractivity contribution is -0.00752. The molecule has 1 fully saturated rings. The van der Waals surface area contributed by atoms with Gasteiger partial charge < -0.3 is 10.8 Å². The fourth-order valence-corrected chi connectivity index (χ4v) is 1.86. The zero-order valence-electron chi connectivity index (χ0n) is 9.50. The predicted octanol–water partition coefficient (Wildman–Crippen LogP) is 0.972. The third kappa shape index (κ3) is 2.28. The van der Waals surface area contributed by atoms with Crippen molar-refractivity contribution in [2.45, 2.75) is 45.6 Å². The van der Waals surface area contributed by atoms with Crippen molar-refractivity contribution < 1.29 is 9.90 Å². The Bertz CT molecular complexity index is 295. The molecule has 0 aromatic heterocycles. The minimum atomic E-state index is -0.992. The lowest BCUT2D eigenvalue weighted by Gasteiger charge is -2.44. The van der Waals surface area contributed by atoms with Gasteiger partial charge in [0, 0.05) is 0 Å². The van der Waals surface area contributed by atoms with Crippen LogP contribution in [0.15, 0.2) is 5.10 Å². The van der Waals surface area contributed by atoms with Crippen molar-refractivity contribution in [1.82, 2.24) is 5.43 Å². The summed E-state index contributed by atoms with van der Waals surface area (Å²) in [4.78, 5) is 10.5. The molecule has 1 saturated carbocycles. The Balaban J connectivity index is 2.89. The molecule has 2 amide bonds. The van der Waals surface area contributed by atoms with Crippen LogP contribution in [0, 0.1) is 5.41 Å². The highest BCUT2D eigenvalue weighted by atomic mass is 16.3. The third-order valence-electron chi connectivity index (χ3n) is 3.40. The number of aliphatic hydroxyl groups is 1. The van der Waals surface area contributed by atoms with Gasteiger partial charge in [-0.2, -0.15) is 5.10 Å². The molecule has 1 aliphatic carbocycles. The summed E-state index contributed by atoms with van der Waals surface area (Å²) in [7, 11) is 0. The van der Waals surface area contributed by atoms with Gasteiger partial charge in [0.2, 0.25) is 0 Å². The van der Waals surface area contributed by atoms with Gasteiger partial charge >= 0.3 is 6.03 Å². The molecular formula is C10H19N3O2. The largest absolute Gasteiger partial charge is 0.384 e. The smallest absolute Gasteiger partial charge is 0.332 e. The standard InChI is InChI=1S/C10H19N3O2/c1-9(2)6-4-5-7(10(9,3)15)12-13-8(11)14/h15H,4-6H2,1-3H3,(H3,11,13,14). The number of amides is 2. The van der Waals surface area contributed by atoms with E-state index in [9.17, 15) is 9.90 Å². The van der Waals surface area contributed by atoms with Gasteiger partial charge in [-0.05, 0) is 31.6 Å². The molecule has 15 heavy (non-hydrogen) atoms. The van der Waals surface area contributed by atoms with Crippen molar-refractivity contribution in [2.24, 2.45) is 16.3 Å². The van der Waals surface area contributed by atoms with Crippen molar-refractivity contribution in [3.8, 4) is 0 Å². The molecule has 4 N–H and O–H groups in total. The minimum Gasteiger partial charge on any atom is -0.384 e. The van der Waals surface area contributed by atoms with E-state index in [1.807, 2.05) is 13.8 Å². The van der Waals surface area contributed by atoms with Gasteiger partial charge in [-0.3, -0.25) is 0 Å². The fraction of sp³-hybridized carbons (Fsp3) is 0.800. The van der Waals surface area contributed by atoms with E-state index in [0.29, 0.717) is 12.1 Å². The number of urea groups is 1. The molecule has 1 unspecified atom stereocenters. The van der Waals surface area contributed by atoms with Crippen LogP contribution in [0.25, 0.3) is 0 Å². The molecule has 1 rings (SSSR count). The first-order valence-electron chi connectivity index (χ1n) is 5.12. The quantitative estimate of drug-likeness (QED) is 0.567. The van der Waals surface area contributed by atoms with Gasteiger partial charge in [0.05, 0.1) is 5.71 Å². The molecule has 0 bridgehead atoms. The monoisotopic (exact) mass is 213 g/mol. The Morgan fingerprint density at radius 1 is 1.53 bits per heavy atom. The molecule has 1 atom stereocenters. The van der Waals surface area contributed by atoms with Crippen LogP contribution in [-0.2, 0) is 0 Å². The van der Waals surface area contributed by atoms with Crippen LogP contribution < -0.4 is 11.2 Å². The Labute approximate surface area is 89.7 Å². The molecule has 0 saturated heterocycles. The average Bonchev–Trinajstić information content (AvgIpc) is 2.07. The molecular weight excluding hydrogens is 194 g/mol. The Kier molecular flexibility index (Phi) is 3.04. The van der Waals surface area contributed by atoms with E-state index in [1.54, 1.807) is 6.92 Å². The third-order valence-corrected chi connectivity index (χ3v) is 3.40. The lowest BCUT2D eigenvalue weighted by Crippen LogP contribution is -2.52. The maximum absolute atomic E-state index is 10.5. The van der Waals surface area contributed by atoms with Gasteiger partial charge in [0.1, 0.15) is 5.60 Å². The SMILES string of the molecule is CC1(C)CCCC(=NNC(N)=O)C1(C)O. The number of nitrogens with one attached hydrogen (secondary N) is 1. The summed E-state index contributed by atoms with van der Waals surface area (Å²) in [6.07, 6.45) is 2.59. The van der Waals surface area contributed by atoms with Gasteiger partial charge in [0.25, 0.3) is 0 Å². The number of hydrazone groups is 1. The first-order chi connectivity index (χ1) is 6.77. The summed E-state index contributed by atoms with van der Waals surface area (Å²) in [6, 6.07) is -0.707. The Hall–Kier alpha value is -1.10. The number of rotatable bonds is 1. The summed E-state index contributed by atoms with van der Waals surface area (Å²) in [5.41, 5.74) is 6.47. The molecule has 0 aromatic rings. The van der Waals surface area contributed by atoms with Crippen molar-refractivity contribution in [3.63, 3.8) is 0 Å². The topological polar surface area (TPSA) is 87.7 Å². The number of nitrogens with zero attached hydrogens (tertiary/aromatic N) is 1. The molecule has 5 heteroatoms.